The van der Waals surface area contributed by atoms with Crippen molar-refractivity contribution in [2.24, 2.45) is 0 Å². The Morgan fingerprint density at radius 3 is 2.94 bits per heavy atom. The first-order chi connectivity index (χ1) is 8.66. The van der Waals surface area contributed by atoms with E-state index in [9.17, 15) is 4.79 Å². The van der Waals surface area contributed by atoms with Crippen LogP contribution in [-0.2, 0) is 6.42 Å². The van der Waals surface area contributed by atoms with Crippen molar-refractivity contribution in [1.29, 1.82) is 0 Å². The number of carbonyl (C=O) groups excluding carboxylic acids is 1. The maximum absolute atomic E-state index is 11.9. The number of hydrogen-bond acceptors (Lipinski definition) is 3. The Balaban J connectivity index is 1.93. The topological polar surface area (TPSA) is 42.2 Å². The lowest BCUT2D eigenvalue weighted by Gasteiger charge is -2.06. The van der Waals surface area contributed by atoms with Gasteiger partial charge in [0.15, 0.2) is 0 Å². The zero-order valence-electron chi connectivity index (χ0n) is 9.52. The van der Waals surface area contributed by atoms with E-state index in [1.807, 2.05) is 12.1 Å². The van der Waals surface area contributed by atoms with Crippen molar-refractivity contribution in [2.75, 3.05) is 6.54 Å². The molecule has 0 saturated heterocycles. The van der Waals surface area contributed by atoms with E-state index >= 15 is 0 Å². The maximum Gasteiger partial charge on any atom is 0.252 e. The Hall–Kier alpha value is -1.39. The molecule has 94 valence electrons. The number of furan rings is 1. The molecule has 2 rings (SSSR count). The largest absolute Gasteiger partial charge is 0.469 e. The second kappa shape index (κ2) is 5.98. The molecule has 0 aliphatic heterocycles. The fraction of sp³-hybridized carbons (Fsp3) is 0.154. The third kappa shape index (κ3) is 3.31. The van der Waals surface area contributed by atoms with Crippen LogP contribution in [0.2, 0.25) is 5.02 Å². The highest BCUT2D eigenvalue weighted by molar-refractivity contribution is 7.80. The van der Waals surface area contributed by atoms with E-state index in [4.69, 9.17) is 16.0 Å². The molecule has 1 N–H and O–H groups in total. The SMILES string of the molecule is O=C(NCCc1ccco1)c1cc(S)ccc1Cl. The van der Waals surface area contributed by atoms with Crippen LogP contribution in [0.3, 0.4) is 0 Å². The molecule has 18 heavy (non-hydrogen) atoms. The molecule has 0 fully saturated rings. The molecule has 0 saturated carbocycles. The first-order valence-corrected chi connectivity index (χ1v) is 6.28. The van der Waals surface area contributed by atoms with Gasteiger partial charge in [-0.3, -0.25) is 4.79 Å². The van der Waals surface area contributed by atoms with E-state index in [0.717, 1.165) is 5.76 Å². The van der Waals surface area contributed by atoms with Crippen molar-refractivity contribution in [2.45, 2.75) is 11.3 Å². The van der Waals surface area contributed by atoms with Gasteiger partial charge < -0.3 is 9.73 Å². The van der Waals surface area contributed by atoms with Crippen LogP contribution in [0.15, 0.2) is 45.9 Å². The number of halogens is 1. The van der Waals surface area contributed by atoms with E-state index in [1.165, 1.54) is 0 Å². The monoisotopic (exact) mass is 281 g/mol. The van der Waals surface area contributed by atoms with Gasteiger partial charge in [-0.2, -0.15) is 0 Å². The number of rotatable bonds is 4. The minimum Gasteiger partial charge on any atom is -0.469 e. The molecule has 0 spiro atoms. The van der Waals surface area contributed by atoms with Gasteiger partial charge in [-0.25, -0.2) is 0 Å². The molecular weight excluding hydrogens is 270 g/mol. The number of carbonyl (C=O) groups is 1. The van der Waals surface area contributed by atoms with Gasteiger partial charge in [-0.1, -0.05) is 11.6 Å². The molecule has 1 aromatic carbocycles. The molecule has 5 heteroatoms. The summed E-state index contributed by atoms with van der Waals surface area (Å²) in [4.78, 5) is 12.6. The number of amides is 1. The van der Waals surface area contributed by atoms with E-state index in [0.29, 0.717) is 28.4 Å². The van der Waals surface area contributed by atoms with E-state index < -0.39 is 0 Å². The summed E-state index contributed by atoms with van der Waals surface area (Å²) in [5, 5.41) is 3.21. The lowest BCUT2D eigenvalue weighted by atomic mass is 10.2. The highest BCUT2D eigenvalue weighted by atomic mass is 35.5. The van der Waals surface area contributed by atoms with Crippen molar-refractivity contribution < 1.29 is 9.21 Å². The summed E-state index contributed by atoms with van der Waals surface area (Å²) in [6.07, 6.45) is 2.26. The minimum atomic E-state index is -0.206. The van der Waals surface area contributed by atoms with Crippen molar-refractivity contribution in [1.82, 2.24) is 5.32 Å². The zero-order chi connectivity index (χ0) is 13.0. The summed E-state index contributed by atoms with van der Waals surface area (Å²) < 4.78 is 5.17. The Morgan fingerprint density at radius 2 is 2.22 bits per heavy atom. The molecule has 3 nitrogen and oxygen atoms in total. The van der Waals surface area contributed by atoms with Crippen LogP contribution in [0.4, 0.5) is 0 Å². The van der Waals surface area contributed by atoms with Crippen LogP contribution in [-0.4, -0.2) is 12.5 Å². The number of benzene rings is 1. The predicted molar refractivity (Wildman–Crippen MR) is 73.4 cm³/mol. The Labute approximate surface area is 116 Å². The highest BCUT2D eigenvalue weighted by Crippen LogP contribution is 2.19. The van der Waals surface area contributed by atoms with E-state index in [2.05, 4.69) is 17.9 Å². The molecular formula is C13H12ClNO2S. The first-order valence-electron chi connectivity index (χ1n) is 5.46. The normalized spacial score (nSPS) is 10.3. The lowest BCUT2D eigenvalue weighted by molar-refractivity contribution is 0.0953. The summed E-state index contributed by atoms with van der Waals surface area (Å²) in [6.45, 7) is 0.499. The van der Waals surface area contributed by atoms with Gasteiger partial charge in [0.2, 0.25) is 0 Å². The Morgan fingerprint density at radius 1 is 1.39 bits per heavy atom. The van der Waals surface area contributed by atoms with Crippen LogP contribution in [0.5, 0.6) is 0 Å². The van der Waals surface area contributed by atoms with Crippen LogP contribution >= 0.6 is 24.2 Å². The standard InChI is InChI=1S/C13H12ClNO2S/c14-12-4-3-10(18)8-11(12)13(16)15-6-5-9-2-1-7-17-9/h1-4,7-8,18H,5-6H2,(H,15,16). The van der Waals surface area contributed by atoms with Crippen molar-refractivity contribution in [3.05, 3.63) is 52.9 Å². The summed E-state index contributed by atoms with van der Waals surface area (Å²) in [6, 6.07) is 8.73. The van der Waals surface area contributed by atoms with Crippen molar-refractivity contribution in [3.63, 3.8) is 0 Å². The van der Waals surface area contributed by atoms with Gasteiger partial charge in [-0.15, -0.1) is 12.6 Å². The van der Waals surface area contributed by atoms with Gasteiger partial charge >= 0.3 is 0 Å². The Kier molecular flexibility index (Phi) is 4.33. The number of hydrogen-bond donors (Lipinski definition) is 2. The molecule has 0 aliphatic rings. The molecule has 0 aliphatic carbocycles. The lowest BCUT2D eigenvalue weighted by Crippen LogP contribution is -2.25. The molecule has 2 aromatic rings. The molecule has 1 heterocycles. The second-order valence-electron chi connectivity index (χ2n) is 3.75. The van der Waals surface area contributed by atoms with Gasteiger partial charge in [0, 0.05) is 17.9 Å². The average Bonchev–Trinajstić information content (AvgIpc) is 2.85. The molecule has 1 amide bonds. The predicted octanol–water partition coefficient (Wildman–Crippen LogP) is 3.19. The van der Waals surface area contributed by atoms with Gasteiger partial charge in [0.25, 0.3) is 5.91 Å². The molecule has 1 aromatic heterocycles. The van der Waals surface area contributed by atoms with Gasteiger partial charge in [-0.05, 0) is 30.3 Å². The summed E-state index contributed by atoms with van der Waals surface area (Å²) in [5.74, 6) is 0.631. The van der Waals surface area contributed by atoms with E-state index in [1.54, 1.807) is 24.5 Å². The van der Waals surface area contributed by atoms with Crippen LogP contribution < -0.4 is 5.32 Å². The number of thiol groups is 1. The van der Waals surface area contributed by atoms with Gasteiger partial charge in [0.1, 0.15) is 5.76 Å². The second-order valence-corrected chi connectivity index (χ2v) is 4.67. The quantitative estimate of drug-likeness (QED) is 0.845. The van der Waals surface area contributed by atoms with Crippen LogP contribution in [0.25, 0.3) is 0 Å². The minimum absolute atomic E-state index is 0.206. The summed E-state index contributed by atoms with van der Waals surface area (Å²) >= 11 is 10.1. The first kappa shape index (κ1) is 13.1. The van der Waals surface area contributed by atoms with Gasteiger partial charge in [0.05, 0.1) is 16.8 Å². The third-order valence-electron chi connectivity index (χ3n) is 2.43. The summed E-state index contributed by atoms with van der Waals surface area (Å²) in [7, 11) is 0. The number of nitrogens with one attached hydrogen (secondary N) is 1. The van der Waals surface area contributed by atoms with Crippen LogP contribution in [0.1, 0.15) is 16.1 Å². The van der Waals surface area contributed by atoms with Crippen molar-refractivity contribution in [3.8, 4) is 0 Å². The van der Waals surface area contributed by atoms with E-state index in [-0.39, 0.29) is 5.91 Å². The van der Waals surface area contributed by atoms with Crippen molar-refractivity contribution >= 4 is 30.1 Å². The average molecular weight is 282 g/mol. The molecule has 0 unspecified atom stereocenters. The molecule has 0 radical (unpaired) electrons. The molecule has 0 atom stereocenters. The highest BCUT2D eigenvalue weighted by Gasteiger charge is 2.10. The maximum atomic E-state index is 11.9. The fourth-order valence-electron chi connectivity index (χ4n) is 1.54. The molecule has 0 bridgehead atoms. The third-order valence-corrected chi connectivity index (χ3v) is 3.04. The van der Waals surface area contributed by atoms with Crippen LogP contribution in [0, 0.1) is 0 Å². The summed E-state index contributed by atoms with van der Waals surface area (Å²) in [5.41, 5.74) is 0.434. The zero-order valence-corrected chi connectivity index (χ0v) is 11.2. The Bertz CT molecular complexity index is 540. The fourth-order valence-corrected chi connectivity index (χ4v) is 1.94. The smallest absolute Gasteiger partial charge is 0.252 e.